The van der Waals surface area contributed by atoms with Gasteiger partial charge in [0.1, 0.15) is 0 Å². The van der Waals surface area contributed by atoms with Gasteiger partial charge in [-0.15, -0.1) is 0 Å². The predicted molar refractivity (Wildman–Crippen MR) is 78.6 cm³/mol. The molecule has 0 aromatic heterocycles. The Morgan fingerprint density at radius 1 is 1.53 bits per heavy atom. The monoisotopic (exact) mass is 284 g/mol. The summed E-state index contributed by atoms with van der Waals surface area (Å²) < 4.78 is 0. The van der Waals surface area contributed by atoms with Gasteiger partial charge in [0.05, 0.1) is 12.6 Å². The van der Waals surface area contributed by atoms with Crippen molar-refractivity contribution >= 4 is 23.2 Å². The van der Waals surface area contributed by atoms with Gasteiger partial charge < -0.3 is 10.4 Å². The number of carbonyl (C=O) groups is 1. The molecule has 0 radical (unpaired) electrons. The molecule has 19 heavy (non-hydrogen) atoms. The molecule has 0 bridgehead atoms. The summed E-state index contributed by atoms with van der Waals surface area (Å²) in [5.74, 6) is -0.0708. The molecular weight excluding hydrogens is 264 g/mol. The number of anilines is 1. The highest BCUT2D eigenvalue weighted by Crippen LogP contribution is 2.19. The zero-order valence-corrected chi connectivity index (χ0v) is 12.4. The third-order valence-electron chi connectivity index (χ3n) is 2.80. The van der Waals surface area contributed by atoms with E-state index in [4.69, 9.17) is 11.6 Å². The molecular formula is C14H21ClN2O2. The van der Waals surface area contributed by atoms with E-state index in [1.165, 1.54) is 0 Å². The maximum Gasteiger partial charge on any atom is 0.238 e. The minimum Gasteiger partial charge on any atom is -0.393 e. The van der Waals surface area contributed by atoms with Crippen LogP contribution in [0.1, 0.15) is 18.9 Å². The van der Waals surface area contributed by atoms with Gasteiger partial charge in [-0.2, -0.15) is 0 Å². The van der Waals surface area contributed by atoms with E-state index in [9.17, 15) is 9.90 Å². The van der Waals surface area contributed by atoms with E-state index in [1.54, 1.807) is 19.1 Å². The van der Waals surface area contributed by atoms with Crippen molar-refractivity contribution in [3.63, 3.8) is 0 Å². The van der Waals surface area contributed by atoms with Gasteiger partial charge in [0, 0.05) is 17.3 Å². The van der Waals surface area contributed by atoms with Crippen LogP contribution in [0.25, 0.3) is 0 Å². The highest BCUT2D eigenvalue weighted by molar-refractivity contribution is 6.30. The number of rotatable bonds is 6. The maximum absolute atomic E-state index is 11.9. The number of carbonyl (C=O) groups excluding carboxylic acids is 1. The second kappa shape index (κ2) is 7.48. The molecule has 0 fully saturated rings. The number of amides is 1. The summed E-state index contributed by atoms with van der Waals surface area (Å²) in [4.78, 5) is 13.7. The van der Waals surface area contributed by atoms with Crippen molar-refractivity contribution in [2.24, 2.45) is 0 Å². The molecule has 0 aliphatic heterocycles. The lowest BCUT2D eigenvalue weighted by molar-refractivity contribution is -0.117. The van der Waals surface area contributed by atoms with Gasteiger partial charge in [-0.25, -0.2) is 0 Å². The fraction of sp³-hybridized carbons (Fsp3) is 0.500. The molecule has 2 N–H and O–H groups in total. The zero-order chi connectivity index (χ0) is 14.4. The first-order valence-electron chi connectivity index (χ1n) is 6.31. The molecule has 1 atom stereocenters. The van der Waals surface area contributed by atoms with Crippen LogP contribution in [-0.4, -0.2) is 42.2 Å². The molecule has 1 amide bonds. The average Bonchev–Trinajstić information content (AvgIpc) is 2.30. The predicted octanol–water partition coefficient (Wildman–Crippen LogP) is 2.29. The van der Waals surface area contributed by atoms with Crippen LogP contribution >= 0.6 is 11.6 Å². The van der Waals surface area contributed by atoms with Crippen molar-refractivity contribution in [3.05, 3.63) is 28.8 Å². The van der Waals surface area contributed by atoms with Gasteiger partial charge >= 0.3 is 0 Å². The summed E-state index contributed by atoms with van der Waals surface area (Å²) in [5, 5.41) is 12.7. The number of hydrogen-bond acceptors (Lipinski definition) is 3. The summed E-state index contributed by atoms with van der Waals surface area (Å²) >= 11 is 5.86. The topological polar surface area (TPSA) is 52.6 Å². The lowest BCUT2D eigenvalue weighted by Crippen LogP contribution is -2.32. The Kier molecular flexibility index (Phi) is 6.28. The Labute approximate surface area is 119 Å². The number of aliphatic hydroxyl groups is 1. The van der Waals surface area contributed by atoms with Crippen molar-refractivity contribution in [3.8, 4) is 0 Å². The normalized spacial score (nSPS) is 12.5. The molecule has 0 heterocycles. The number of benzene rings is 1. The molecule has 0 aliphatic carbocycles. The highest BCUT2D eigenvalue weighted by atomic mass is 35.5. The number of likely N-dealkylation sites (N-methyl/N-ethyl adjacent to an activating group) is 1. The standard InChI is InChI=1S/C14H21ClN2O2/c1-10-8-12(15)4-5-13(10)16-14(19)9-17(3)7-6-11(2)18/h4-5,8,11,18H,6-7,9H2,1-3H3,(H,16,19). The quantitative estimate of drug-likeness (QED) is 0.843. The van der Waals surface area contributed by atoms with Crippen LogP contribution in [0.5, 0.6) is 0 Å². The minimum atomic E-state index is -0.343. The molecule has 5 heteroatoms. The van der Waals surface area contributed by atoms with Crippen molar-refractivity contribution in [2.45, 2.75) is 26.4 Å². The zero-order valence-electron chi connectivity index (χ0n) is 11.6. The molecule has 0 spiro atoms. The summed E-state index contributed by atoms with van der Waals surface area (Å²) in [6, 6.07) is 5.36. The summed E-state index contributed by atoms with van der Waals surface area (Å²) in [6.07, 6.45) is 0.313. The maximum atomic E-state index is 11.9. The molecule has 1 aromatic carbocycles. The highest BCUT2D eigenvalue weighted by Gasteiger charge is 2.09. The summed E-state index contributed by atoms with van der Waals surface area (Å²) in [7, 11) is 1.86. The fourth-order valence-corrected chi connectivity index (χ4v) is 1.92. The van der Waals surface area contributed by atoms with E-state index in [1.807, 2.05) is 24.9 Å². The molecule has 1 rings (SSSR count). The van der Waals surface area contributed by atoms with Crippen molar-refractivity contribution < 1.29 is 9.90 Å². The van der Waals surface area contributed by atoms with Gasteiger partial charge in [-0.1, -0.05) is 11.6 Å². The van der Waals surface area contributed by atoms with Gasteiger partial charge in [0.2, 0.25) is 5.91 Å². The Morgan fingerprint density at radius 3 is 2.79 bits per heavy atom. The number of halogens is 1. The van der Waals surface area contributed by atoms with Crippen molar-refractivity contribution in [1.29, 1.82) is 0 Å². The molecule has 4 nitrogen and oxygen atoms in total. The molecule has 0 saturated heterocycles. The Morgan fingerprint density at radius 2 is 2.21 bits per heavy atom. The average molecular weight is 285 g/mol. The van der Waals surface area contributed by atoms with Crippen LogP contribution in [-0.2, 0) is 4.79 Å². The third-order valence-corrected chi connectivity index (χ3v) is 3.04. The van der Waals surface area contributed by atoms with Crippen molar-refractivity contribution in [1.82, 2.24) is 4.90 Å². The number of aryl methyl sites for hydroxylation is 1. The van der Waals surface area contributed by atoms with Crippen LogP contribution in [0.15, 0.2) is 18.2 Å². The SMILES string of the molecule is Cc1cc(Cl)ccc1NC(=O)CN(C)CCC(C)O. The van der Waals surface area contributed by atoms with Gasteiger partial charge in [-0.3, -0.25) is 9.69 Å². The van der Waals surface area contributed by atoms with Gasteiger partial charge in [0.25, 0.3) is 0 Å². The van der Waals surface area contributed by atoms with E-state index in [0.29, 0.717) is 24.5 Å². The molecule has 1 aromatic rings. The Hall–Kier alpha value is -1.10. The Bertz CT molecular complexity index is 435. The van der Waals surface area contributed by atoms with Gasteiger partial charge in [0.15, 0.2) is 0 Å². The largest absolute Gasteiger partial charge is 0.393 e. The number of hydrogen-bond donors (Lipinski definition) is 2. The molecule has 0 saturated carbocycles. The first kappa shape index (κ1) is 16.0. The van der Waals surface area contributed by atoms with Crippen LogP contribution in [0.2, 0.25) is 5.02 Å². The van der Waals surface area contributed by atoms with E-state index in [-0.39, 0.29) is 12.0 Å². The number of nitrogens with one attached hydrogen (secondary N) is 1. The van der Waals surface area contributed by atoms with Gasteiger partial charge in [-0.05, 0) is 51.1 Å². The number of nitrogens with zero attached hydrogens (tertiary/aromatic N) is 1. The second-order valence-electron chi connectivity index (χ2n) is 4.88. The first-order chi connectivity index (χ1) is 8.88. The lowest BCUT2D eigenvalue weighted by Gasteiger charge is -2.17. The third kappa shape index (κ3) is 6.05. The lowest BCUT2D eigenvalue weighted by atomic mass is 10.2. The van der Waals surface area contributed by atoms with Crippen molar-refractivity contribution in [2.75, 3.05) is 25.5 Å². The summed E-state index contributed by atoms with van der Waals surface area (Å²) in [6.45, 7) is 4.63. The molecule has 0 aliphatic rings. The fourth-order valence-electron chi connectivity index (χ4n) is 1.69. The van der Waals surface area contributed by atoms with Crippen LogP contribution in [0, 0.1) is 6.92 Å². The molecule has 1 unspecified atom stereocenters. The van der Waals surface area contributed by atoms with Crippen LogP contribution in [0.4, 0.5) is 5.69 Å². The van der Waals surface area contributed by atoms with E-state index in [2.05, 4.69) is 5.32 Å². The van der Waals surface area contributed by atoms with E-state index in [0.717, 1.165) is 11.3 Å². The van der Waals surface area contributed by atoms with Crippen LogP contribution in [0.3, 0.4) is 0 Å². The van der Waals surface area contributed by atoms with E-state index >= 15 is 0 Å². The summed E-state index contributed by atoms with van der Waals surface area (Å²) in [5.41, 5.74) is 1.71. The number of aliphatic hydroxyl groups excluding tert-OH is 1. The van der Waals surface area contributed by atoms with Crippen LogP contribution < -0.4 is 5.32 Å². The smallest absolute Gasteiger partial charge is 0.238 e. The minimum absolute atomic E-state index is 0.0708. The second-order valence-corrected chi connectivity index (χ2v) is 5.32. The first-order valence-corrected chi connectivity index (χ1v) is 6.69. The molecule has 106 valence electrons. The van der Waals surface area contributed by atoms with E-state index < -0.39 is 0 Å². The Balaban J connectivity index is 2.46.